The van der Waals surface area contributed by atoms with E-state index >= 15 is 0 Å². The highest BCUT2D eigenvalue weighted by molar-refractivity contribution is 5.71. The van der Waals surface area contributed by atoms with Crippen LogP contribution in [0.1, 0.15) is 226 Å². The van der Waals surface area contributed by atoms with Crippen molar-refractivity contribution in [2.75, 3.05) is 13.2 Å². The number of esters is 3. The lowest BCUT2D eigenvalue weighted by atomic mass is 10.1. The molecule has 0 amide bonds. The van der Waals surface area contributed by atoms with E-state index < -0.39 is 6.10 Å². The lowest BCUT2D eigenvalue weighted by molar-refractivity contribution is -0.167. The molecule has 0 N–H and O–H groups in total. The fourth-order valence-electron chi connectivity index (χ4n) is 6.37. The van der Waals surface area contributed by atoms with Gasteiger partial charge in [-0.05, 0) is 83.5 Å². The van der Waals surface area contributed by atoms with Gasteiger partial charge in [0.1, 0.15) is 13.2 Å². The van der Waals surface area contributed by atoms with Crippen molar-refractivity contribution in [1.82, 2.24) is 0 Å². The van der Waals surface area contributed by atoms with E-state index in [4.69, 9.17) is 14.2 Å². The second kappa shape index (κ2) is 45.8. The van der Waals surface area contributed by atoms with Crippen molar-refractivity contribution in [1.29, 1.82) is 0 Å². The third kappa shape index (κ3) is 44.1. The van der Waals surface area contributed by atoms with Crippen LogP contribution in [0.15, 0.2) is 60.8 Å². The maximum Gasteiger partial charge on any atom is 0.306 e. The summed E-state index contributed by atoms with van der Waals surface area (Å²) in [7, 11) is 0. The van der Waals surface area contributed by atoms with Crippen molar-refractivity contribution < 1.29 is 28.6 Å². The molecule has 0 saturated carbocycles. The molecule has 0 radical (unpaired) electrons. The van der Waals surface area contributed by atoms with Gasteiger partial charge in [0.25, 0.3) is 0 Å². The predicted molar refractivity (Wildman–Crippen MR) is 242 cm³/mol. The Morgan fingerprint density at radius 3 is 1.12 bits per heavy atom. The SMILES string of the molecule is CCCCC/C=C\C/C=C\C/C=C\C/C=C\CCCC(=O)OCC(COC(=O)CCCCCCCCCCC)OC(=O)CCCCC/C=C\CCCCCCCC. The van der Waals surface area contributed by atoms with Crippen LogP contribution in [0, 0.1) is 0 Å². The molecule has 0 bridgehead atoms. The minimum absolute atomic E-state index is 0.0963. The van der Waals surface area contributed by atoms with Crippen molar-refractivity contribution in [3.8, 4) is 0 Å². The normalized spacial score (nSPS) is 12.5. The molecule has 57 heavy (non-hydrogen) atoms. The van der Waals surface area contributed by atoms with Crippen LogP contribution in [-0.2, 0) is 28.6 Å². The highest BCUT2D eigenvalue weighted by atomic mass is 16.6. The average Bonchev–Trinajstić information content (AvgIpc) is 3.21. The van der Waals surface area contributed by atoms with Gasteiger partial charge >= 0.3 is 17.9 Å². The van der Waals surface area contributed by atoms with Crippen LogP contribution in [-0.4, -0.2) is 37.2 Å². The summed E-state index contributed by atoms with van der Waals surface area (Å²) in [5.41, 5.74) is 0. The van der Waals surface area contributed by atoms with Crippen LogP contribution in [0.5, 0.6) is 0 Å². The van der Waals surface area contributed by atoms with Gasteiger partial charge in [-0.2, -0.15) is 0 Å². The van der Waals surface area contributed by atoms with Crippen LogP contribution in [0.2, 0.25) is 0 Å². The molecule has 0 saturated heterocycles. The van der Waals surface area contributed by atoms with Crippen LogP contribution in [0.3, 0.4) is 0 Å². The second-order valence-electron chi connectivity index (χ2n) is 15.7. The van der Waals surface area contributed by atoms with Crippen LogP contribution >= 0.6 is 0 Å². The predicted octanol–water partition coefficient (Wildman–Crippen LogP) is 15.3. The number of carbonyl (C=O) groups excluding carboxylic acids is 3. The first-order valence-electron chi connectivity index (χ1n) is 23.8. The quantitative estimate of drug-likeness (QED) is 0.0265. The van der Waals surface area contributed by atoms with E-state index in [1.165, 1.54) is 103 Å². The molecule has 0 aliphatic heterocycles. The third-order valence-corrected chi connectivity index (χ3v) is 9.99. The monoisotopic (exact) mass is 797 g/mol. The molecule has 6 nitrogen and oxygen atoms in total. The van der Waals surface area contributed by atoms with Gasteiger partial charge in [-0.25, -0.2) is 0 Å². The maximum absolute atomic E-state index is 12.7. The molecule has 328 valence electrons. The summed E-state index contributed by atoms with van der Waals surface area (Å²) in [6, 6.07) is 0. The number of ether oxygens (including phenoxy) is 3. The maximum atomic E-state index is 12.7. The Labute approximate surface area is 351 Å². The Balaban J connectivity index is 4.46. The van der Waals surface area contributed by atoms with E-state index in [0.717, 1.165) is 77.0 Å². The molecule has 0 aliphatic rings. The molecular weight excluding hydrogens is 709 g/mol. The number of rotatable bonds is 42. The van der Waals surface area contributed by atoms with E-state index in [-0.39, 0.29) is 37.5 Å². The molecule has 0 aromatic heterocycles. The average molecular weight is 797 g/mol. The molecule has 0 aromatic rings. The summed E-state index contributed by atoms with van der Waals surface area (Å²) in [4.78, 5) is 37.7. The highest BCUT2D eigenvalue weighted by Gasteiger charge is 2.19. The number of hydrogen-bond acceptors (Lipinski definition) is 6. The van der Waals surface area contributed by atoms with Gasteiger partial charge in [0.2, 0.25) is 0 Å². The van der Waals surface area contributed by atoms with Gasteiger partial charge in [-0.3, -0.25) is 14.4 Å². The summed E-state index contributed by atoms with van der Waals surface area (Å²) >= 11 is 0. The standard InChI is InChI=1S/C51H88O6/c1-4-7-10-13-16-19-21-23-24-25-26-28-29-32-35-38-41-44-50(53)56-47-48(46-55-49(52)43-40-37-34-31-18-15-12-9-6-3)57-51(54)45-42-39-36-33-30-27-22-20-17-14-11-8-5-2/h16,19,23-24,26-28,30,32,35,48H,4-15,17-18,20-22,25,29,31,33-34,36-47H2,1-3H3/b19-16-,24-23-,28-26-,30-27-,35-32-. The van der Waals surface area contributed by atoms with Gasteiger partial charge < -0.3 is 14.2 Å². The Morgan fingerprint density at radius 1 is 0.351 bits per heavy atom. The zero-order valence-corrected chi connectivity index (χ0v) is 37.3. The van der Waals surface area contributed by atoms with Crippen molar-refractivity contribution in [2.45, 2.75) is 232 Å². The zero-order chi connectivity index (χ0) is 41.5. The van der Waals surface area contributed by atoms with E-state index in [2.05, 4.69) is 81.5 Å². The van der Waals surface area contributed by atoms with E-state index in [9.17, 15) is 14.4 Å². The summed E-state index contributed by atoms with van der Waals surface area (Å²) in [6.45, 7) is 6.51. The summed E-state index contributed by atoms with van der Waals surface area (Å²) in [5.74, 6) is -0.975. The summed E-state index contributed by atoms with van der Waals surface area (Å²) in [6.07, 6.45) is 54.9. The Kier molecular flexibility index (Phi) is 43.5. The molecule has 0 fully saturated rings. The molecule has 1 unspecified atom stereocenters. The largest absolute Gasteiger partial charge is 0.462 e. The highest BCUT2D eigenvalue weighted by Crippen LogP contribution is 2.13. The molecule has 0 heterocycles. The fourth-order valence-corrected chi connectivity index (χ4v) is 6.37. The number of unbranched alkanes of at least 4 members (excludes halogenated alkanes) is 21. The van der Waals surface area contributed by atoms with Crippen molar-refractivity contribution >= 4 is 17.9 Å². The summed E-state index contributed by atoms with van der Waals surface area (Å²) in [5, 5.41) is 0. The number of carbonyl (C=O) groups is 3. The third-order valence-electron chi connectivity index (χ3n) is 9.99. The first-order chi connectivity index (χ1) is 28.0. The van der Waals surface area contributed by atoms with Gasteiger partial charge in [0, 0.05) is 19.3 Å². The lowest BCUT2D eigenvalue weighted by Crippen LogP contribution is -2.30. The minimum atomic E-state index is -0.799. The number of allylic oxidation sites excluding steroid dienone is 10. The lowest BCUT2D eigenvalue weighted by Gasteiger charge is -2.18. The first-order valence-corrected chi connectivity index (χ1v) is 23.8. The van der Waals surface area contributed by atoms with Gasteiger partial charge in [-0.1, -0.05) is 184 Å². The second-order valence-corrected chi connectivity index (χ2v) is 15.7. The molecule has 0 rings (SSSR count). The Hall–Kier alpha value is -2.89. The van der Waals surface area contributed by atoms with E-state index in [1.807, 2.05) is 0 Å². The van der Waals surface area contributed by atoms with Crippen molar-refractivity contribution in [3.05, 3.63) is 60.8 Å². The minimum Gasteiger partial charge on any atom is -0.462 e. The van der Waals surface area contributed by atoms with Crippen LogP contribution in [0.25, 0.3) is 0 Å². The zero-order valence-electron chi connectivity index (χ0n) is 37.3. The van der Waals surface area contributed by atoms with Gasteiger partial charge in [0.15, 0.2) is 6.10 Å². The Morgan fingerprint density at radius 2 is 0.649 bits per heavy atom. The van der Waals surface area contributed by atoms with Crippen LogP contribution < -0.4 is 0 Å². The van der Waals surface area contributed by atoms with E-state index in [1.54, 1.807) is 0 Å². The van der Waals surface area contributed by atoms with Crippen molar-refractivity contribution in [3.63, 3.8) is 0 Å². The molecule has 0 aliphatic carbocycles. The smallest absolute Gasteiger partial charge is 0.306 e. The molecule has 6 heteroatoms. The topological polar surface area (TPSA) is 78.9 Å². The first kappa shape index (κ1) is 54.1. The molecule has 1 atom stereocenters. The van der Waals surface area contributed by atoms with Gasteiger partial charge in [-0.15, -0.1) is 0 Å². The van der Waals surface area contributed by atoms with E-state index in [0.29, 0.717) is 19.3 Å². The van der Waals surface area contributed by atoms with Gasteiger partial charge in [0.05, 0.1) is 0 Å². The number of hydrogen-bond donors (Lipinski definition) is 0. The van der Waals surface area contributed by atoms with Crippen molar-refractivity contribution in [2.24, 2.45) is 0 Å². The Bertz CT molecular complexity index is 1050. The molecular formula is C51H88O6. The molecule has 0 aromatic carbocycles. The van der Waals surface area contributed by atoms with Crippen LogP contribution in [0.4, 0.5) is 0 Å². The summed E-state index contributed by atoms with van der Waals surface area (Å²) < 4.78 is 16.6. The molecule has 0 spiro atoms. The fraction of sp³-hybridized carbons (Fsp3) is 0.745.